The van der Waals surface area contributed by atoms with Crippen LogP contribution in [0.5, 0.6) is 0 Å². The molecule has 0 saturated carbocycles. The van der Waals surface area contributed by atoms with Crippen molar-refractivity contribution in [1.29, 1.82) is 0 Å². The third kappa shape index (κ3) is 5.70. The van der Waals surface area contributed by atoms with Crippen LogP contribution >= 0.6 is 0 Å². The predicted octanol–water partition coefficient (Wildman–Crippen LogP) is 3.70. The molecule has 1 atom stereocenters. The van der Waals surface area contributed by atoms with Crippen molar-refractivity contribution in [2.75, 3.05) is 0 Å². The lowest BCUT2D eigenvalue weighted by atomic mass is 10.2. The van der Waals surface area contributed by atoms with Crippen LogP contribution in [-0.2, 0) is 11.3 Å². The van der Waals surface area contributed by atoms with Crippen molar-refractivity contribution in [2.24, 2.45) is 0 Å². The number of carbonyl (C=O) groups is 2. The summed E-state index contributed by atoms with van der Waals surface area (Å²) in [4.78, 5) is 23.8. The summed E-state index contributed by atoms with van der Waals surface area (Å²) >= 11 is 0. The molecule has 7 heteroatoms. The largest absolute Gasteiger partial charge is 0.464 e. The van der Waals surface area contributed by atoms with Crippen molar-refractivity contribution >= 4 is 12.0 Å². The Balaban J connectivity index is 1.87. The van der Waals surface area contributed by atoms with Crippen LogP contribution in [0.4, 0.5) is 4.79 Å². The number of ether oxygens (including phenoxy) is 1. The Labute approximate surface area is 146 Å². The SMILES string of the molecule is Cc1ccc([C@@H](C)NC(=O)c2ccc(CNC(=O)OC(C)(C)C)o2)o1. The van der Waals surface area contributed by atoms with Gasteiger partial charge in [0.2, 0.25) is 0 Å². The standard InChI is InChI=1S/C18H24N2O5/c1-11-6-8-14(23-11)12(2)20-16(21)15-9-7-13(24-15)10-19-17(22)25-18(3,4)5/h6-9,12H,10H2,1-5H3,(H,19,22)(H,20,21)/t12-/m1/s1. The number of hydrogen-bond acceptors (Lipinski definition) is 5. The molecule has 0 aliphatic rings. The zero-order valence-electron chi connectivity index (χ0n) is 15.1. The van der Waals surface area contributed by atoms with E-state index in [1.165, 1.54) is 0 Å². The summed E-state index contributed by atoms with van der Waals surface area (Å²) in [7, 11) is 0. The van der Waals surface area contributed by atoms with Gasteiger partial charge in [-0.2, -0.15) is 0 Å². The number of furan rings is 2. The zero-order chi connectivity index (χ0) is 18.6. The Morgan fingerprint density at radius 2 is 1.88 bits per heavy atom. The molecule has 0 aliphatic carbocycles. The van der Waals surface area contributed by atoms with Gasteiger partial charge in [0.25, 0.3) is 5.91 Å². The minimum absolute atomic E-state index is 0.134. The van der Waals surface area contributed by atoms with Crippen LogP contribution in [-0.4, -0.2) is 17.6 Å². The van der Waals surface area contributed by atoms with E-state index in [1.54, 1.807) is 32.9 Å². The minimum atomic E-state index is -0.571. The molecule has 2 amide bonds. The van der Waals surface area contributed by atoms with Crippen molar-refractivity contribution in [3.63, 3.8) is 0 Å². The smallest absolute Gasteiger partial charge is 0.408 e. The van der Waals surface area contributed by atoms with Gasteiger partial charge in [-0.15, -0.1) is 0 Å². The van der Waals surface area contributed by atoms with Crippen LogP contribution in [0.25, 0.3) is 0 Å². The molecule has 0 aromatic carbocycles. The first-order chi connectivity index (χ1) is 11.6. The van der Waals surface area contributed by atoms with E-state index in [4.69, 9.17) is 13.6 Å². The van der Waals surface area contributed by atoms with Gasteiger partial charge < -0.3 is 24.2 Å². The summed E-state index contributed by atoms with van der Waals surface area (Å²) in [6, 6.07) is 6.56. The summed E-state index contributed by atoms with van der Waals surface area (Å²) in [5, 5.41) is 5.37. The Morgan fingerprint density at radius 3 is 2.48 bits per heavy atom. The first kappa shape index (κ1) is 18.6. The van der Waals surface area contributed by atoms with Gasteiger partial charge in [-0.25, -0.2) is 4.79 Å². The van der Waals surface area contributed by atoms with E-state index in [0.717, 1.165) is 5.76 Å². The molecule has 7 nitrogen and oxygen atoms in total. The van der Waals surface area contributed by atoms with Gasteiger partial charge in [-0.3, -0.25) is 4.79 Å². The van der Waals surface area contributed by atoms with Crippen molar-refractivity contribution in [3.05, 3.63) is 47.3 Å². The van der Waals surface area contributed by atoms with E-state index in [1.807, 2.05) is 26.0 Å². The van der Waals surface area contributed by atoms with E-state index >= 15 is 0 Å². The molecule has 136 valence electrons. The molecule has 2 heterocycles. The molecule has 2 aromatic heterocycles. The highest BCUT2D eigenvalue weighted by molar-refractivity contribution is 5.91. The first-order valence-corrected chi connectivity index (χ1v) is 8.07. The number of aryl methyl sites for hydroxylation is 1. The van der Waals surface area contributed by atoms with Crippen LogP contribution in [0.3, 0.4) is 0 Å². The number of carbonyl (C=O) groups excluding carboxylic acids is 2. The Bertz CT molecular complexity index is 739. The Hall–Kier alpha value is -2.70. The van der Waals surface area contributed by atoms with Gasteiger partial charge >= 0.3 is 6.09 Å². The first-order valence-electron chi connectivity index (χ1n) is 8.07. The highest BCUT2D eigenvalue weighted by atomic mass is 16.6. The third-order valence-electron chi connectivity index (χ3n) is 3.23. The second-order valence-electron chi connectivity index (χ2n) is 6.76. The highest BCUT2D eigenvalue weighted by Gasteiger charge is 2.18. The fraction of sp³-hybridized carbons (Fsp3) is 0.444. The van der Waals surface area contributed by atoms with Crippen LogP contribution in [0.1, 0.15) is 61.6 Å². The Kier molecular flexibility index (Phi) is 5.56. The lowest BCUT2D eigenvalue weighted by molar-refractivity contribution is 0.0520. The summed E-state index contributed by atoms with van der Waals surface area (Å²) in [5.74, 6) is 1.72. The van der Waals surface area contributed by atoms with Gasteiger partial charge in [0.15, 0.2) is 5.76 Å². The third-order valence-corrected chi connectivity index (χ3v) is 3.23. The van der Waals surface area contributed by atoms with Crippen LogP contribution in [0, 0.1) is 6.92 Å². The van der Waals surface area contributed by atoms with Crippen LogP contribution in [0.2, 0.25) is 0 Å². The molecule has 0 fully saturated rings. The summed E-state index contributed by atoms with van der Waals surface area (Å²) < 4.78 is 16.1. The second-order valence-corrected chi connectivity index (χ2v) is 6.76. The predicted molar refractivity (Wildman–Crippen MR) is 91.1 cm³/mol. The average Bonchev–Trinajstić information content (AvgIpc) is 3.12. The molecule has 0 saturated heterocycles. The molecule has 0 aliphatic heterocycles. The number of hydrogen-bond donors (Lipinski definition) is 2. The average molecular weight is 348 g/mol. The maximum Gasteiger partial charge on any atom is 0.408 e. The van der Waals surface area contributed by atoms with Gasteiger partial charge in [-0.05, 0) is 58.9 Å². The lowest BCUT2D eigenvalue weighted by Gasteiger charge is -2.19. The molecular formula is C18H24N2O5. The fourth-order valence-electron chi connectivity index (χ4n) is 2.09. The van der Waals surface area contributed by atoms with Crippen molar-refractivity contribution in [1.82, 2.24) is 10.6 Å². The van der Waals surface area contributed by atoms with E-state index in [9.17, 15) is 9.59 Å². The minimum Gasteiger partial charge on any atom is -0.464 e. The van der Waals surface area contributed by atoms with Crippen molar-refractivity contribution < 1.29 is 23.2 Å². The summed E-state index contributed by atoms with van der Waals surface area (Å²) in [6.45, 7) is 9.14. The molecule has 25 heavy (non-hydrogen) atoms. The zero-order valence-corrected chi connectivity index (χ0v) is 15.1. The molecule has 0 spiro atoms. The van der Waals surface area contributed by atoms with E-state index in [0.29, 0.717) is 11.5 Å². The lowest BCUT2D eigenvalue weighted by Crippen LogP contribution is -2.32. The van der Waals surface area contributed by atoms with Gasteiger partial charge in [0, 0.05) is 0 Å². The van der Waals surface area contributed by atoms with Gasteiger partial charge in [0.05, 0.1) is 12.6 Å². The van der Waals surface area contributed by atoms with E-state index < -0.39 is 11.7 Å². The van der Waals surface area contributed by atoms with Gasteiger partial charge in [0.1, 0.15) is 22.9 Å². The molecule has 2 aromatic rings. The second kappa shape index (κ2) is 7.46. The van der Waals surface area contributed by atoms with Gasteiger partial charge in [-0.1, -0.05) is 0 Å². The number of amides is 2. The number of rotatable bonds is 5. The molecule has 0 unspecified atom stereocenters. The highest BCUT2D eigenvalue weighted by Crippen LogP contribution is 2.17. The fourth-order valence-corrected chi connectivity index (χ4v) is 2.09. The quantitative estimate of drug-likeness (QED) is 0.859. The maximum atomic E-state index is 12.2. The normalized spacial score (nSPS) is 12.5. The summed E-state index contributed by atoms with van der Waals surface area (Å²) in [6.07, 6.45) is -0.545. The number of nitrogens with one attached hydrogen (secondary N) is 2. The molecule has 0 bridgehead atoms. The molecule has 0 radical (unpaired) electrons. The van der Waals surface area contributed by atoms with Crippen LogP contribution in [0.15, 0.2) is 33.1 Å². The van der Waals surface area contributed by atoms with E-state index in [2.05, 4.69) is 10.6 Å². The molecule has 2 rings (SSSR count). The topological polar surface area (TPSA) is 93.7 Å². The Morgan fingerprint density at radius 1 is 1.16 bits per heavy atom. The maximum absolute atomic E-state index is 12.2. The van der Waals surface area contributed by atoms with Crippen molar-refractivity contribution in [3.8, 4) is 0 Å². The number of alkyl carbamates (subject to hydrolysis) is 1. The monoisotopic (exact) mass is 348 g/mol. The molecular weight excluding hydrogens is 324 g/mol. The summed E-state index contributed by atoms with van der Waals surface area (Å²) in [5.41, 5.74) is -0.571. The molecule has 2 N–H and O–H groups in total. The van der Waals surface area contributed by atoms with E-state index in [-0.39, 0.29) is 24.3 Å². The van der Waals surface area contributed by atoms with Crippen LogP contribution < -0.4 is 10.6 Å². The van der Waals surface area contributed by atoms with Crippen molar-refractivity contribution in [2.45, 2.75) is 52.8 Å².